The van der Waals surface area contributed by atoms with Crippen LogP contribution in [0, 0.1) is 6.92 Å². The van der Waals surface area contributed by atoms with Crippen LogP contribution in [0.15, 0.2) is 48.5 Å². The van der Waals surface area contributed by atoms with Gasteiger partial charge in [-0.25, -0.2) is 0 Å². The number of likely N-dealkylation sites (N-methyl/N-ethyl adjacent to an activating group) is 1. The summed E-state index contributed by atoms with van der Waals surface area (Å²) in [6.07, 6.45) is 0.724. The number of benzene rings is 2. The standard InChI is InChI=1S/C20H22N6O/c1-3-25-13-16-8-5-4-7-15(16)11-19(25)20(27)21-17-9-6-10-18(12-17)26-14(2)22-23-24-26/h4-10,12,19H,3,11,13H2,1-2H3,(H,21,27). The van der Waals surface area contributed by atoms with Crippen LogP contribution >= 0.6 is 0 Å². The van der Waals surface area contributed by atoms with E-state index in [1.807, 2.05) is 37.3 Å². The minimum Gasteiger partial charge on any atom is -0.325 e. The van der Waals surface area contributed by atoms with Gasteiger partial charge >= 0.3 is 0 Å². The van der Waals surface area contributed by atoms with Gasteiger partial charge in [-0.05, 0) is 59.6 Å². The molecule has 7 nitrogen and oxygen atoms in total. The minimum atomic E-state index is -0.177. The predicted octanol–water partition coefficient (Wildman–Crippen LogP) is 2.36. The highest BCUT2D eigenvalue weighted by molar-refractivity contribution is 5.95. The van der Waals surface area contributed by atoms with Crippen LogP contribution in [0.5, 0.6) is 0 Å². The van der Waals surface area contributed by atoms with Gasteiger partial charge in [-0.3, -0.25) is 9.69 Å². The van der Waals surface area contributed by atoms with Gasteiger partial charge in [0.05, 0.1) is 11.7 Å². The summed E-state index contributed by atoms with van der Waals surface area (Å²) in [4.78, 5) is 15.2. The third kappa shape index (κ3) is 3.46. The minimum absolute atomic E-state index is 0.0111. The highest BCUT2D eigenvalue weighted by Crippen LogP contribution is 2.24. The van der Waals surface area contributed by atoms with Gasteiger partial charge in [-0.1, -0.05) is 37.3 Å². The summed E-state index contributed by atoms with van der Waals surface area (Å²) in [6, 6.07) is 15.7. The summed E-state index contributed by atoms with van der Waals surface area (Å²) < 4.78 is 1.64. The first-order chi connectivity index (χ1) is 13.2. The Hall–Kier alpha value is -3.06. The number of amides is 1. The van der Waals surface area contributed by atoms with Crippen LogP contribution < -0.4 is 5.32 Å². The van der Waals surface area contributed by atoms with Crippen molar-refractivity contribution >= 4 is 11.6 Å². The van der Waals surface area contributed by atoms with Gasteiger partial charge in [0.2, 0.25) is 5.91 Å². The molecule has 0 radical (unpaired) electrons. The summed E-state index contributed by atoms with van der Waals surface area (Å²) in [5.41, 5.74) is 4.11. The molecule has 1 aromatic heterocycles. The molecule has 0 saturated carbocycles. The number of fused-ring (bicyclic) bond motifs is 1. The van der Waals surface area contributed by atoms with Crippen LogP contribution in [0.3, 0.4) is 0 Å². The van der Waals surface area contributed by atoms with Gasteiger partial charge < -0.3 is 5.32 Å². The Labute approximate surface area is 158 Å². The molecule has 2 aromatic carbocycles. The van der Waals surface area contributed by atoms with Crippen LogP contribution in [0.1, 0.15) is 23.9 Å². The summed E-state index contributed by atoms with van der Waals surface area (Å²) in [5, 5.41) is 14.6. The molecule has 4 rings (SSSR count). The lowest BCUT2D eigenvalue weighted by atomic mass is 9.93. The summed E-state index contributed by atoms with van der Waals surface area (Å²) >= 11 is 0. The van der Waals surface area contributed by atoms with Gasteiger partial charge in [0, 0.05) is 12.2 Å². The summed E-state index contributed by atoms with van der Waals surface area (Å²) in [5.74, 6) is 0.705. The molecule has 1 atom stereocenters. The van der Waals surface area contributed by atoms with E-state index in [1.54, 1.807) is 4.68 Å². The number of hydrogen-bond donors (Lipinski definition) is 1. The third-order valence-corrected chi connectivity index (χ3v) is 5.04. The van der Waals surface area contributed by atoms with Gasteiger partial charge in [-0.2, -0.15) is 4.68 Å². The molecule has 1 unspecified atom stereocenters. The van der Waals surface area contributed by atoms with Crippen LogP contribution in [-0.2, 0) is 17.8 Å². The number of carbonyl (C=O) groups excluding carboxylic acids is 1. The fourth-order valence-corrected chi connectivity index (χ4v) is 3.58. The lowest BCUT2D eigenvalue weighted by Crippen LogP contribution is -2.47. The number of rotatable bonds is 4. The Morgan fingerprint density at radius 2 is 2.00 bits per heavy atom. The number of aromatic nitrogens is 4. The van der Waals surface area contributed by atoms with E-state index in [4.69, 9.17) is 0 Å². The van der Waals surface area contributed by atoms with Gasteiger partial charge in [0.25, 0.3) is 0 Å². The molecule has 0 bridgehead atoms. The number of tetrazole rings is 1. The molecule has 2 heterocycles. The van der Waals surface area contributed by atoms with Crippen molar-refractivity contribution < 1.29 is 4.79 Å². The van der Waals surface area contributed by atoms with Crippen molar-refractivity contribution in [3.63, 3.8) is 0 Å². The zero-order valence-corrected chi connectivity index (χ0v) is 15.5. The first-order valence-electron chi connectivity index (χ1n) is 9.13. The molecular weight excluding hydrogens is 340 g/mol. The predicted molar refractivity (Wildman–Crippen MR) is 103 cm³/mol. The second-order valence-corrected chi connectivity index (χ2v) is 6.73. The summed E-state index contributed by atoms with van der Waals surface area (Å²) in [7, 11) is 0. The molecule has 0 saturated heterocycles. The maximum atomic E-state index is 13.0. The van der Waals surface area contributed by atoms with Crippen molar-refractivity contribution in [2.75, 3.05) is 11.9 Å². The van der Waals surface area contributed by atoms with Crippen LogP contribution in [0.25, 0.3) is 5.69 Å². The molecule has 1 N–H and O–H groups in total. The number of hydrogen-bond acceptors (Lipinski definition) is 5. The van der Waals surface area contributed by atoms with Crippen molar-refractivity contribution in [2.24, 2.45) is 0 Å². The number of nitrogens with zero attached hydrogens (tertiary/aromatic N) is 5. The topological polar surface area (TPSA) is 75.9 Å². The molecular formula is C20H22N6O. The van der Waals surface area contributed by atoms with E-state index in [9.17, 15) is 4.79 Å². The van der Waals surface area contributed by atoms with E-state index in [1.165, 1.54) is 11.1 Å². The largest absolute Gasteiger partial charge is 0.325 e. The molecule has 1 aliphatic heterocycles. The van der Waals surface area contributed by atoms with Crippen LogP contribution in [-0.4, -0.2) is 43.6 Å². The highest BCUT2D eigenvalue weighted by Gasteiger charge is 2.30. The first kappa shape index (κ1) is 17.4. The number of nitrogens with one attached hydrogen (secondary N) is 1. The Morgan fingerprint density at radius 3 is 2.74 bits per heavy atom. The van der Waals surface area contributed by atoms with Gasteiger partial charge in [0.1, 0.15) is 0 Å². The molecule has 0 aliphatic carbocycles. The van der Waals surface area contributed by atoms with Crippen LogP contribution in [0.2, 0.25) is 0 Å². The Balaban J connectivity index is 1.55. The van der Waals surface area contributed by atoms with Crippen LogP contribution in [0.4, 0.5) is 5.69 Å². The molecule has 0 spiro atoms. The van der Waals surface area contributed by atoms with E-state index in [0.717, 1.165) is 30.9 Å². The number of aryl methyl sites for hydroxylation is 1. The maximum Gasteiger partial charge on any atom is 0.242 e. The molecule has 27 heavy (non-hydrogen) atoms. The Kier molecular flexibility index (Phi) is 4.68. The Bertz CT molecular complexity index is 966. The molecule has 138 valence electrons. The number of anilines is 1. The molecule has 7 heteroatoms. The van der Waals surface area contributed by atoms with Crippen molar-refractivity contribution in [3.05, 3.63) is 65.5 Å². The number of carbonyl (C=O) groups is 1. The normalized spacial score (nSPS) is 16.7. The van der Waals surface area contributed by atoms with Gasteiger partial charge in [0.15, 0.2) is 5.82 Å². The maximum absolute atomic E-state index is 13.0. The summed E-state index contributed by atoms with van der Waals surface area (Å²) in [6.45, 7) is 5.56. The van der Waals surface area contributed by atoms with Crippen molar-refractivity contribution in [2.45, 2.75) is 32.9 Å². The van der Waals surface area contributed by atoms with Gasteiger partial charge in [-0.15, -0.1) is 5.10 Å². The van der Waals surface area contributed by atoms with Crippen molar-refractivity contribution in [1.82, 2.24) is 25.1 Å². The van der Waals surface area contributed by atoms with E-state index in [2.05, 4.69) is 50.9 Å². The average molecular weight is 362 g/mol. The fourth-order valence-electron chi connectivity index (χ4n) is 3.58. The second kappa shape index (κ2) is 7.28. The molecule has 3 aromatic rings. The van der Waals surface area contributed by atoms with E-state index in [0.29, 0.717) is 5.82 Å². The smallest absolute Gasteiger partial charge is 0.242 e. The molecule has 1 amide bonds. The molecule has 0 fully saturated rings. The third-order valence-electron chi connectivity index (χ3n) is 5.04. The van der Waals surface area contributed by atoms with Crippen molar-refractivity contribution in [1.29, 1.82) is 0 Å². The Morgan fingerprint density at radius 1 is 1.19 bits per heavy atom. The lowest BCUT2D eigenvalue weighted by molar-refractivity contribution is -0.121. The first-order valence-corrected chi connectivity index (χ1v) is 9.13. The zero-order chi connectivity index (χ0) is 18.8. The SMILES string of the molecule is CCN1Cc2ccccc2CC1C(=O)Nc1cccc(-n2nnnc2C)c1. The quantitative estimate of drug-likeness (QED) is 0.771. The monoisotopic (exact) mass is 362 g/mol. The van der Waals surface area contributed by atoms with E-state index in [-0.39, 0.29) is 11.9 Å². The molecule has 1 aliphatic rings. The van der Waals surface area contributed by atoms with E-state index < -0.39 is 0 Å². The average Bonchev–Trinajstić information content (AvgIpc) is 3.13. The zero-order valence-electron chi connectivity index (χ0n) is 15.5. The lowest BCUT2D eigenvalue weighted by Gasteiger charge is -2.35. The fraction of sp³-hybridized carbons (Fsp3) is 0.300. The van der Waals surface area contributed by atoms with Crippen molar-refractivity contribution in [3.8, 4) is 5.69 Å². The second-order valence-electron chi connectivity index (χ2n) is 6.73. The van der Waals surface area contributed by atoms with E-state index >= 15 is 0 Å². The highest BCUT2D eigenvalue weighted by atomic mass is 16.2.